The fraction of sp³-hybridized carbons (Fsp3) is 0.517. The lowest BCUT2D eigenvalue weighted by Crippen LogP contribution is -3.26. The highest BCUT2D eigenvalue weighted by molar-refractivity contribution is 8.13. The number of halogens is 2. The van der Waals surface area contributed by atoms with E-state index in [9.17, 15) is 9.59 Å². The van der Waals surface area contributed by atoms with Crippen molar-refractivity contribution in [1.29, 1.82) is 0 Å². The van der Waals surface area contributed by atoms with Gasteiger partial charge in [0.2, 0.25) is 5.75 Å². The van der Waals surface area contributed by atoms with Crippen LogP contribution in [0.15, 0.2) is 36.4 Å². The molecule has 0 aliphatic carbocycles. The fourth-order valence-corrected chi connectivity index (χ4v) is 5.31. The van der Waals surface area contributed by atoms with E-state index in [2.05, 4.69) is 6.07 Å². The van der Waals surface area contributed by atoms with Gasteiger partial charge in [-0.3, -0.25) is 14.5 Å². The van der Waals surface area contributed by atoms with Gasteiger partial charge in [0.15, 0.2) is 34.2 Å². The maximum absolute atomic E-state index is 12.9. The zero-order valence-corrected chi connectivity index (χ0v) is 27.3. The maximum Gasteiger partial charge on any atom is 0.310 e. The molecule has 0 amide bonds. The number of carbonyl (C=O) groups is 2. The molecule has 2 aromatic rings. The zero-order chi connectivity index (χ0) is 29.1. The van der Waals surface area contributed by atoms with Crippen molar-refractivity contribution in [2.24, 2.45) is 5.92 Å². The number of para-hydroxylation sites is 2. The predicted octanol–water partition coefficient (Wildman–Crippen LogP) is -4.95. The Kier molecular flexibility index (Phi) is 16.8. The lowest BCUT2D eigenvalue weighted by atomic mass is 10.2. The first-order valence-electron chi connectivity index (χ1n) is 13.4. The van der Waals surface area contributed by atoms with E-state index < -0.39 is 12.0 Å². The summed E-state index contributed by atoms with van der Waals surface area (Å²) in [5.41, 5.74) is 1.16. The molecule has 42 heavy (non-hydrogen) atoms. The van der Waals surface area contributed by atoms with Crippen LogP contribution in [0.4, 0.5) is 5.69 Å². The highest BCUT2D eigenvalue weighted by Crippen LogP contribution is 2.40. The SMILES string of the molecule is COc1ccccc1[NH+]1CC[NH+](CC(COc2cc(OC)c(OC)c(OC)c2)OC(=O)C(C)CSC(C)=O)CC1.[Cl-].[Cl-]. The Morgan fingerprint density at radius 1 is 0.881 bits per heavy atom. The second-order valence-corrected chi connectivity index (χ2v) is 10.9. The first-order valence-corrected chi connectivity index (χ1v) is 14.4. The largest absolute Gasteiger partial charge is 1.00 e. The van der Waals surface area contributed by atoms with Crippen LogP contribution in [0.5, 0.6) is 28.7 Å². The summed E-state index contributed by atoms with van der Waals surface area (Å²) in [5, 5.41) is -0.0261. The summed E-state index contributed by atoms with van der Waals surface area (Å²) in [4.78, 5) is 27.0. The van der Waals surface area contributed by atoms with Gasteiger partial charge in [-0.15, -0.1) is 0 Å². The number of thioether (sulfide) groups is 1. The summed E-state index contributed by atoms with van der Waals surface area (Å²) in [6.45, 7) is 7.68. The average molecular weight is 650 g/mol. The third kappa shape index (κ3) is 10.6. The molecule has 2 unspecified atom stereocenters. The number of rotatable bonds is 14. The summed E-state index contributed by atoms with van der Waals surface area (Å²) in [7, 11) is 6.33. The molecule has 10 nitrogen and oxygen atoms in total. The van der Waals surface area contributed by atoms with Crippen molar-refractivity contribution in [3.63, 3.8) is 0 Å². The van der Waals surface area contributed by atoms with Crippen LogP contribution in [0.25, 0.3) is 0 Å². The van der Waals surface area contributed by atoms with Crippen LogP contribution >= 0.6 is 11.8 Å². The summed E-state index contributed by atoms with van der Waals surface area (Å²) >= 11 is 1.12. The van der Waals surface area contributed by atoms with Crippen LogP contribution < -0.4 is 58.3 Å². The Labute approximate surface area is 265 Å². The van der Waals surface area contributed by atoms with E-state index in [1.54, 1.807) is 47.5 Å². The van der Waals surface area contributed by atoms with E-state index in [0.29, 0.717) is 35.3 Å². The molecule has 0 radical (unpaired) electrons. The fourth-order valence-electron chi connectivity index (χ4n) is 4.69. The number of methoxy groups -OCH3 is 4. The van der Waals surface area contributed by atoms with Gasteiger partial charge in [-0.25, -0.2) is 0 Å². The number of ether oxygens (including phenoxy) is 6. The van der Waals surface area contributed by atoms with Gasteiger partial charge in [-0.05, 0) is 6.07 Å². The van der Waals surface area contributed by atoms with E-state index >= 15 is 0 Å². The Balaban J connectivity index is 0.00000441. The Bertz CT molecular complexity index is 1110. The van der Waals surface area contributed by atoms with Gasteiger partial charge >= 0.3 is 5.97 Å². The molecule has 1 saturated heterocycles. The molecule has 0 saturated carbocycles. The van der Waals surface area contributed by atoms with Crippen LogP contribution in [0.3, 0.4) is 0 Å². The third-order valence-corrected chi connectivity index (χ3v) is 7.93. The summed E-state index contributed by atoms with van der Waals surface area (Å²) in [6.07, 6.45) is -0.487. The molecule has 2 N–H and O–H groups in total. The van der Waals surface area contributed by atoms with Crippen molar-refractivity contribution in [2.75, 3.05) is 73.5 Å². The molecule has 1 aliphatic rings. The Morgan fingerprint density at radius 3 is 2.02 bits per heavy atom. The van der Waals surface area contributed by atoms with Crippen LogP contribution in [0, 0.1) is 5.92 Å². The van der Waals surface area contributed by atoms with E-state index in [4.69, 9.17) is 28.4 Å². The van der Waals surface area contributed by atoms with Crippen molar-refractivity contribution in [2.45, 2.75) is 20.0 Å². The number of carbonyl (C=O) groups excluding carboxylic acids is 2. The van der Waals surface area contributed by atoms with E-state index in [1.807, 2.05) is 18.2 Å². The number of hydrogen-bond donors (Lipinski definition) is 2. The van der Waals surface area contributed by atoms with Crippen molar-refractivity contribution in [1.82, 2.24) is 0 Å². The molecule has 1 heterocycles. The molecule has 2 atom stereocenters. The van der Waals surface area contributed by atoms with Crippen LogP contribution in [-0.4, -0.2) is 90.7 Å². The van der Waals surface area contributed by atoms with E-state index in [-0.39, 0.29) is 42.5 Å². The zero-order valence-electron chi connectivity index (χ0n) is 25.0. The van der Waals surface area contributed by atoms with Crippen molar-refractivity contribution in [3.05, 3.63) is 36.4 Å². The molecule has 0 spiro atoms. The number of nitrogens with one attached hydrogen (secondary N) is 2. The number of benzene rings is 2. The van der Waals surface area contributed by atoms with Crippen molar-refractivity contribution < 1.29 is 72.6 Å². The standard InChI is InChI=1S/C29H40N2O8S.2ClH/c1-20(19-40-21(2)32)29(33)39-23(18-38-22-15-26(35-4)28(37-6)27(16-22)36-5)17-30-11-13-31(14-12-30)24-9-7-8-10-25(24)34-3;;/h7-10,15-16,20,23H,11-14,17-19H2,1-6H3;2*1H. The summed E-state index contributed by atoms with van der Waals surface area (Å²) in [5.74, 6) is 2.44. The van der Waals surface area contributed by atoms with Crippen molar-refractivity contribution >= 4 is 28.5 Å². The molecule has 13 heteroatoms. The van der Waals surface area contributed by atoms with Gasteiger partial charge in [0.1, 0.15) is 45.1 Å². The van der Waals surface area contributed by atoms with Crippen LogP contribution in [-0.2, 0) is 14.3 Å². The molecule has 0 bridgehead atoms. The number of esters is 1. The van der Waals surface area contributed by atoms with Gasteiger partial charge in [-0.1, -0.05) is 30.8 Å². The minimum atomic E-state index is -0.487. The van der Waals surface area contributed by atoms with Gasteiger partial charge in [0, 0.05) is 30.9 Å². The van der Waals surface area contributed by atoms with E-state index in [1.165, 1.54) is 16.7 Å². The lowest BCUT2D eigenvalue weighted by Gasteiger charge is -2.32. The molecule has 1 aliphatic heterocycles. The van der Waals surface area contributed by atoms with Crippen LogP contribution in [0.1, 0.15) is 13.8 Å². The molecule has 3 rings (SSSR count). The highest BCUT2D eigenvalue weighted by atomic mass is 35.5. The van der Waals surface area contributed by atoms with Gasteiger partial charge in [-0.2, -0.15) is 0 Å². The summed E-state index contributed by atoms with van der Waals surface area (Å²) < 4.78 is 33.9. The Morgan fingerprint density at radius 2 is 1.48 bits per heavy atom. The van der Waals surface area contributed by atoms with E-state index in [0.717, 1.165) is 49.4 Å². The molecule has 236 valence electrons. The second-order valence-electron chi connectivity index (χ2n) is 9.69. The Hall–Kier alpha value is -2.57. The van der Waals surface area contributed by atoms with Crippen LogP contribution in [0.2, 0.25) is 0 Å². The predicted molar refractivity (Wildman–Crippen MR) is 153 cm³/mol. The summed E-state index contributed by atoms with van der Waals surface area (Å²) in [6, 6.07) is 11.5. The monoisotopic (exact) mass is 648 g/mol. The minimum absolute atomic E-state index is 0. The number of piperazine rings is 1. The maximum atomic E-state index is 12.9. The molecule has 0 aromatic heterocycles. The molecular formula is C29H42Cl2N2O8S. The first kappa shape index (κ1) is 37.5. The van der Waals surface area contributed by atoms with Gasteiger partial charge in [0.05, 0.1) is 34.4 Å². The normalized spacial score (nSPS) is 17.4. The number of quaternary nitrogens is 2. The third-order valence-electron chi connectivity index (χ3n) is 6.86. The second kappa shape index (κ2) is 18.9. The minimum Gasteiger partial charge on any atom is -1.00 e. The number of hydrogen-bond acceptors (Lipinski definition) is 9. The molecule has 1 fully saturated rings. The smallest absolute Gasteiger partial charge is 0.310 e. The molecule has 2 aromatic carbocycles. The highest BCUT2D eigenvalue weighted by Gasteiger charge is 2.31. The average Bonchev–Trinajstić information content (AvgIpc) is 2.98. The van der Waals surface area contributed by atoms with Gasteiger partial charge < -0.3 is 58.1 Å². The molecular weight excluding hydrogens is 607 g/mol. The quantitative estimate of drug-likeness (QED) is 0.195. The lowest BCUT2D eigenvalue weighted by molar-refractivity contribution is -0.987. The van der Waals surface area contributed by atoms with Crippen molar-refractivity contribution in [3.8, 4) is 28.7 Å². The van der Waals surface area contributed by atoms with Gasteiger partial charge in [0.25, 0.3) is 0 Å². The first-order chi connectivity index (χ1) is 19.3. The topological polar surface area (TPSA) is 98.4 Å².